The van der Waals surface area contributed by atoms with Crippen LogP contribution in [-0.4, -0.2) is 32.3 Å². The zero-order chi connectivity index (χ0) is 9.73. The van der Waals surface area contributed by atoms with Gasteiger partial charge in [0, 0.05) is 7.26 Å². The van der Waals surface area contributed by atoms with Crippen molar-refractivity contribution in [3.05, 3.63) is 30.3 Å². The highest BCUT2D eigenvalue weighted by molar-refractivity contribution is 7.81. The van der Waals surface area contributed by atoms with Gasteiger partial charge in [0.1, 0.15) is 0 Å². The fraction of sp³-hybridized carbons (Fsp3) is 0.455. The topological polar surface area (TPSA) is 0 Å². The Labute approximate surface area is 84.3 Å². The number of hydrogen-bond acceptors (Lipinski definition) is 0. The first-order valence-corrected chi connectivity index (χ1v) is 9.27. The third-order valence-electron chi connectivity index (χ3n) is 2.38. The Bertz CT molecular complexity index is 242. The van der Waals surface area contributed by atoms with Crippen LogP contribution >= 0.6 is 15.8 Å². The molecule has 0 aliphatic heterocycles. The van der Waals surface area contributed by atoms with Crippen molar-refractivity contribution in [1.29, 1.82) is 0 Å². The summed E-state index contributed by atoms with van der Waals surface area (Å²) in [7, 11) is 0.300. The Morgan fingerprint density at radius 3 is 2.31 bits per heavy atom. The van der Waals surface area contributed by atoms with Gasteiger partial charge in [-0.3, -0.25) is 0 Å². The molecule has 1 aromatic rings. The molecule has 0 N–H and O–H groups in total. The van der Waals surface area contributed by atoms with E-state index < -0.39 is 7.26 Å². The Balaban J connectivity index is 2.69. The minimum absolute atomic E-state index is 0.804. The van der Waals surface area contributed by atoms with Gasteiger partial charge in [0.2, 0.25) is 0 Å². The summed E-state index contributed by atoms with van der Waals surface area (Å²) >= 11 is 0. The van der Waals surface area contributed by atoms with Gasteiger partial charge >= 0.3 is 0 Å². The van der Waals surface area contributed by atoms with Crippen LogP contribution < -0.4 is 5.30 Å². The second-order valence-corrected chi connectivity index (χ2v) is 9.39. The van der Waals surface area contributed by atoms with Gasteiger partial charge in [-0.2, -0.15) is 0 Å². The maximum absolute atomic E-state index is 2.45. The highest BCUT2D eigenvalue weighted by Crippen LogP contribution is 2.49. The summed E-state index contributed by atoms with van der Waals surface area (Å²) in [6.45, 7) is 7.19. The molecule has 1 unspecified atom stereocenters. The smallest absolute Gasteiger partial charge is 0.0933 e. The number of rotatable bonds is 4. The van der Waals surface area contributed by atoms with E-state index in [4.69, 9.17) is 0 Å². The van der Waals surface area contributed by atoms with Crippen LogP contribution in [0.1, 0.15) is 0 Å². The van der Waals surface area contributed by atoms with Crippen LogP contribution in [0.15, 0.2) is 30.3 Å². The minimum atomic E-state index is -0.804. The maximum atomic E-state index is 2.45. The molecule has 0 heterocycles. The lowest BCUT2D eigenvalue weighted by atomic mass is 10.4. The third-order valence-corrected chi connectivity index (χ3v) is 6.58. The summed E-state index contributed by atoms with van der Waals surface area (Å²) in [6.07, 6.45) is 2.81. The van der Waals surface area contributed by atoms with Crippen molar-refractivity contribution < 1.29 is 0 Å². The van der Waals surface area contributed by atoms with E-state index in [-0.39, 0.29) is 0 Å². The van der Waals surface area contributed by atoms with Crippen LogP contribution in [0.5, 0.6) is 0 Å². The predicted octanol–water partition coefficient (Wildman–Crippen LogP) is 2.90. The van der Waals surface area contributed by atoms with Crippen LogP contribution in [0.2, 0.25) is 0 Å². The molecule has 1 atom stereocenters. The van der Waals surface area contributed by atoms with Crippen LogP contribution in [-0.2, 0) is 0 Å². The van der Waals surface area contributed by atoms with Gasteiger partial charge in [-0.1, -0.05) is 18.2 Å². The van der Waals surface area contributed by atoms with Crippen LogP contribution in [0, 0.1) is 0 Å². The standard InChI is InChI=1S/C11H19P2/c1-12-9-10-13(2,3)11-7-5-4-6-8-11/h4-8,12H,9-10H2,1-3H3/q+1. The van der Waals surface area contributed by atoms with E-state index in [0.717, 1.165) is 8.58 Å². The molecule has 72 valence electrons. The highest BCUT2D eigenvalue weighted by atomic mass is 31.2. The summed E-state index contributed by atoms with van der Waals surface area (Å²) in [5.74, 6) is 0. The Morgan fingerprint density at radius 2 is 1.77 bits per heavy atom. The monoisotopic (exact) mass is 213 g/mol. The molecule has 1 aromatic carbocycles. The van der Waals surface area contributed by atoms with Crippen molar-refractivity contribution in [2.75, 3.05) is 32.3 Å². The Morgan fingerprint density at radius 1 is 1.15 bits per heavy atom. The largest absolute Gasteiger partial charge is 0.122 e. The summed E-state index contributed by atoms with van der Waals surface area (Å²) in [6, 6.07) is 11.0. The normalized spacial score (nSPS) is 12.5. The van der Waals surface area contributed by atoms with Crippen LogP contribution in [0.3, 0.4) is 0 Å². The molecule has 0 aromatic heterocycles. The van der Waals surface area contributed by atoms with E-state index in [0.29, 0.717) is 0 Å². The molecule has 0 amide bonds. The molecule has 2 heteroatoms. The molecule has 1 rings (SSSR count). The van der Waals surface area contributed by atoms with E-state index in [1.54, 1.807) is 5.30 Å². The number of hydrogen-bond donors (Lipinski definition) is 0. The van der Waals surface area contributed by atoms with E-state index >= 15 is 0 Å². The molecule has 0 spiro atoms. The Kier molecular flexibility index (Phi) is 4.36. The second-order valence-electron chi connectivity index (χ2n) is 3.85. The van der Waals surface area contributed by atoms with Gasteiger partial charge in [0.05, 0.1) is 24.8 Å². The summed E-state index contributed by atoms with van der Waals surface area (Å²) in [5.41, 5.74) is 0. The van der Waals surface area contributed by atoms with E-state index in [2.05, 4.69) is 50.3 Å². The summed E-state index contributed by atoms with van der Waals surface area (Å²) < 4.78 is 0. The SMILES string of the molecule is CPCC[P+](C)(C)c1ccccc1. The van der Waals surface area contributed by atoms with Crippen molar-refractivity contribution >= 4 is 21.1 Å². The summed E-state index contributed by atoms with van der Waals surface area (Å²) in [5, 5.41) is 1.58. The quantitative estimate of drug-likeness (QED) is 0.674. The van der Waals surface area contributed by atoms with Crippen molar-refractivity contribution in [3.8, 4) is 0 Å². The first-order chi connectivity index (χ1) is 6.17. The van der Waals surface area contributed by atoms with Gasteiger partial charge in [-0.25, -0.2) is 0 Å². The first-order valence-electron chi connectivity index (χ1n) is 4.70. The maximum Gasteiger partial charge on any atom is 0.0933 e. The average molecular weight is 213 g/mol. The van der Waals surface area contributed by atoms with Gasteiger partial charge in [-0.05, 0) is 25.0 Å². The lowest BCUT2D eigenvalue weighted by Gasteiger charge is -2.17. The second kappa shape index (κ2) is 5.08. The molecule has 0 fully saturated rings. The molecule has 0 nitrogen and oxygen atoms in total. The van der Waals surface area contributed by atoms with Crippen molar-refractivity contribution in [2.24, 2.45) is 0 Å². The van der Waals surface area contributed by atoms with Gasteiger partial charge in [0.15, 0.2) is 0 Å². The van der Waals surface area contributed by atoms with Crippen molar-refractivity contribution in [3.63, 3.8) is 0 Å². The van der Waals surface area contributed by atoms with E-state index in [1.807, 2.05) is 0 Å². The van der Waals surface area contributed by atoms with Gasteiger partial charge in [-0.15, -0.1) is 8.58 Å². The zero-order valence-electron chi connectivity index (χ0n) is 8.75. The van der Waals surface area contributed by atoms with Gasteiger partial charge in [0.25, 0.3) is 0 Å². The fourth-order valence-corrected chi connectivity index (χ4v) is 5.72. The lowest BCUT2D eigenvalue weighted by Crippen LogP contribution is -2.12. The molecular weight excluding hydrogens is 194 g/mol. The zero-order valence-corrected chi connectivity index (χ0v) is 10.6. The molecule has 0 aliphatic rings. The molecule has 0 bridgehead atoms. The van der Waals surface area contributed by atoms with Crippen LogP contribution in [0.25, 0.3) is 0 Å². The minimum Gasteiger partial charge on any atom is -0.122 e. The molecular formula is C11H19P2+. The fourth-order valence-electron chi connectivity index (χ4n) is 1.35. The molecule has 0 saturated heterocycles. The highest BCUT2D eigenvalue weighted by Gasteiger charge is 2.26. The summed E-state index contributed by atoms with van der Waals surface area (Å²) in [4.78, 5) is 0. The Hall–Kier alpha value is 0.0800. The van der Waals surface area contributed by atoms with Crippen molar-refractivity contribution in [2.45, 2.75) is 0 Å². The molecule has 0 radical (unpaired) electrons. The van der Waals surface area contributed by atoms with Crippen LogP contribution in [0.4, 0.5) is 0 Å². The molecule has 0 aliphatic carbocycles. The van der Waals surface area contributed by atoms with Gasteiger partial charge < -0.3 is 0 Å². The third kappa shape index (κ3) is 3.37. The molecule has 13 heavy (non-hydrogen) atoms. The van der Waals surface area contributed by atoms with E-state index in [1.165, 1.54) is 12.3 Å². The first kappa shape index (κ1) is 11.2. The number of benzene rings is 1. The van der Waals surface area contributed by atoms with Crippen molar-refractivity contribution in [1.82, 2.24) is 0 Å². The average Bonchev–Trinajstić information content (AvgIpc) is 2.16. The van der Waals surface area contributed by atoms with E-state index in [9.17, 15) is 0 Å². The predicted molar refractivity (Wildman–Crippen MR) is 68.8 cm³/mol. The molecule has 0 saturated carbocycles. The lowest BCUT2D eigenvalue weighted by molar-refractivity contribution is 1.49.